The summed E-state index contributed by atoms with van der Waals surface area (Å²) in [6.07, 6.45) is 7.28. The van der Waals surface area contributed by atoms with Gasteiger partial charge in [-0.3, -0.25) is 9.59 Å². The van der Waals surface area contributed by atoms with Crippen molar-refractivity contribution in [1.29, 1.82) is 0 Å². The molecule has 1 aliphatic heterocycles. The van der Waals surface area contributed by atoms with Crippen LogP contribution < -0.4 is 14.5 Å². The summed E-state index contributed by atoms with van der Waals surface area (Å²) in [5.41, 5.74) is 1.41. The van der Waals surface area contributed by atoms with E-state index in [2.05, 4.69) is 4.98 Å². The van der Waals surface area contributed by atoms with Gasteiger partial charge in [0.05, 0.1) is 18.1 Å². The number of hydrogen-bond acceptors (Lipinski definition) is 8. The van der Waals surface area contributed by atoms with Crippen LogP contribution in [0.15, 0.2) is 59.8 Å². The molecule has 2 aromatic carbocycles. The van der Waals surface area contributed by atoms with Gasteiger partial charge in [-0.15, -0.1) is 0 Å². The van der Waals surface area contributed by atoms with Gasteiger partial charge >= 0.3 is 5.97 Å². The second-order valence-corrected chi connectivity index (χ2v) is 14.4. The monoisotopic (exact) mass is 707 g/mol. The third-order valence-electron chi connectivity index (χ3n) is 8.37. The number of pyridine rings is 1. The van der Waals surface area contributed by atoms with E-state index in [1.165, 1.54) is 23.1 Å². The number of nitrogens with one attached hydrogen (secondary N) is 1. The molecule has 1 unspecified atom stereocenters. The number of ether oxygens (including phenoxy) is 3. The highest BCUT2D eigenvalue weighted by atomic mass is 35.5. The number of halogens is 2. The zero-order valence-electron chi connectivity index (χ0n) is 26.4. The summed E-state index contributed by atoms with van der Waals surface area (Å²) in [5, 5.41) is 0.725. The van der Waals surface area contributed by atoms with Gasteiger partial charge in [0.2, 0.25) is 10.0 Å². The number of sulfonamides is 1. The molecule has 1 saturated heterocycles. The minimum absolute atomic E-state index is 0. The molecule has 1 aliphatic carbocycles. The molecule has 0 spiro atoms. The van der Waals surface area contributed by atoms with Crippen LogP contribution in [0.25, 0.3) is 0 Å². The number of carbonyl (C=O) groups is 2. The lowest BCUT2D eigenvalue weighted by molar-refractivity contribution is -0.377. The van der Waals surface area contributed by atoms with Crippen molar-refractivity contribution in [3.05, 3.63) is 81.6 Å². The number of carbonyl (C=O) groups excluding carboxylic acids is 2. The predicted molar refractivity (Wildman–Crippen MR) is 175 cm³/mol. The smallest absolute Gasteiger partial charge is 0.325 e. The molecule has 2 aliphatic rings. The molecule has 3 aromatic rings. The molecule has 2 atom stereocenters. The molecule has 2 heterocycles. The Bertz CT molecular complexity index is 1680. The lowest BCUT2D eigenvalue weighted by Gasteiger charge is -2.26. The number of esters is 1. The highest BCUT2D eigenvalue weighted by molar-refractivity contribution is 7.89. The van der Waals surface area contributed by atoms with Crippen molar-refractivity contribution in [3.8, 4) is 11.5 Å². The standard InChI is InChI=1S/C33H37Cl2N3O7S.H2O/c1-37(2)32(39)22-8-6-11-24(16-22)46(41,42)38-15-7-12-28(38)33(40)45-30(18-25-26(34)19-36-20-27(25)35)21-13-14-29(43-3)31(17-21)44-23-9-4-5-10-23;/h6,8,11,13-14,16-17,19-20,23,28,30H,4-5,7,9-10,12,15,18H2,1-3H3;1H2/t28-,30?;/m0./s1. The molecule has 0 bridgehead atoms. The summed E-state index contributed by atoms with van der Waals surface area (Å²) in [4.78, 5) is 30.6. The molecule has 1 saturated carbocycles. The van der Waals surface area contributed by atoms with Crippen molar-refractivity contribution < 1.29 is 42.7 Å². The zero-order valence-corrected chi connectivity index (χ0v) is 28.8. The number of methoxy groups -OCH3 is 1. The van der Waals surface area contributed by atoms with Gasteiger partial charge in [0.1, 0.15) is 22.2 Å². The van der Waals surface area contributed by atoms with Gasteiger partial charge in [0.25, 0.3) is 5.91 Å². The Morgan fingerprint density at radius 3 is 2.36 bits per heavy atom. The van der Waals surface area contributed by atoms with Crippen LogP contribution in [-0.2, 0) is 26.0 Å². The van der Waals surface area contributed by atoms with Crippen LogP contribution in [0.1, 0.15) is 66.1 Å². The number of benzene rings is 2. The summed E-state index contributed by atoms with van der Waals surface area (Å²) in [7, 11) is 0.608. The van der Waals surface area contributed by atoms with Crippen LogP contribution >= 0.6 is 23.2 Å². The number of rotatable bonds is 11. The van der Waals surface area contributed by atoms with E-state index < -0.39 is 28.1 Å². The lowest BCUT2D eigenvalue weighted by atomic mass is 10.0. The predicted octanol–water partition coefficient (Wildman–Crippen LogP) is 5.34. The van der Waals surface area contributed by atoms with Gasteiger partial charge < -0.3 is 24.6 Å². The first-order valence-corrected chi connectivity index (χ1v) is 17.4. The maximum atomic E-state index is 13.9. The number of H-pyrrole nitrogens is 1. The molecule has 5 rings (SSSR count). The van der Waals surface area contributed by atoms with Crippen molar-refractivity contribution >= 4 is 45.1 Å². The second kappa shape index (κ2) is 15.7. The summed E-state index contributed by atoms with van der Waals surface area (Å²) >= 11 is 13.0. The average molecular weight is 709 g/mol. The molecule has 14 heteroatoms. The van der Waals surface area contributed by atoms with Crippen molar-refractivity contribution in [2.24, 2.45) is 0 Å². The quantitative estimate of drug-likeness (QED) is 0.243. The summed E-state index contributed by atoms with van der Waals surface area (Å²) in [6.45, 7) is 0.132. The highest BCUT2D eigenvalue weighted by Crippen LogP contribution is 2.38. The fourth-order valence-electron chi connectivity index (χ4n) is 5.92. The zero-order chi connectivity index (χ0) is 33.0. The van der Waals surface area contributed by atoms with E-state index in [4.69, 9.17) is 37.4 Å². The first-order valence-electron chi connectivity index (χ1n) is 15.2. The molecule has 2 N–H and O–H groups in total. The minimum Gasteiger partial charge on any atom is -0.870 e. The molecule has 1 amide bonds. The second-order valence-electron chi connectivity index (χ2n) is 11.7. The fraction of sp³-hybridized carbons (Fsp3) is 0.424. The Morgan fingerprint density at radius 1 is 1.00 bits per heavy atom. The van der Waals surface area contributed by atoms with E-state index in [-0.39, 0.29) is 47.3 Å². The van der Waals surface area contributed by atoms with E-state index in [1.807, 2.05) is 0 Å². The van der Waals surface area contributed by atoms with Crippen molar-refractivity contribution in [2.45, 2.75) is 68.1 Å². The van der Waals surface area contributed by atoms with Crippen LogP contribution in [-0.4, -0.2) is 74.9 Å². The van der Waals surface area contributed by atoms with Crippen molar-refractivity contribution in [1.82, 2.24) is 9.21 Å². The van der Waals surface area contributed by atoms with E-state index in [1.54, 1.807) is 57.9 Å². The highest BCUT2D eigenvalue weighted by Gasteiger charge is 2.41. The van der Waals surface area contributed by atoms with E-state index in [9.17, 15) is 18.0 Å². The van der Waals surface area contributed by atoms with Crippen LogP contribution in [0.5, 0.6) is 11.5 Å². The maximum Gasteiger partial charge on any atom is 0.325 e. The molecule has 254 valence electrons. The van der Waals surface area contributed by atoms with Gasteiger partial charge in [-0.05, 0) is 74.4 Å². The third kappa shape index (κ3) is 8.18. The van der Waals surface area contributed by atoms with Crippen LogP contribution in [0.4, 0.5) is 0 Å². The van der Waals surface area contributed by atoms with Gasteiger partial charge in [-0.2, -0.15) is 4.31 Å². The topological polar surface area (TPSA) is 147 Å². The molecule has 1 aromatic heterocycles. The summed E-state index contributed by atoms with van der Waals surface area (Å²) in [5.74, 6) is 0.0530. The number of aromatic nitrogens is 1. The fourth-order valence-corrected chi connectivity index (χ4v) is 8.15. The first kappa shape index (κ1) is 36.4. The maximum absolute atomic E-state index is 13.9. The first-order chi connectivity index (χ1) is 22.0. The minimum atomic E-state index is -4.14. The Labute approximate surface area is 285 Å². The number of hydrogen-bond donors (Lipinski definition) is 0. The number of nitrogens with zero attached hydrogens (tertiary/aromatic N) is 2. The Kier molecular flexibility index (Phi) is 12.1. The van der Waals surface area contributed by atoms with Gasteiger partial charge in [0, 0.05) is 38.2 Å². The van der Waals surface area contributed by atoms with Crippen LogP contribution in [0.3, 0.4) is 0 Å². The van der Waals surface area contributed by atoms with E-state index >= 15 is 0 Å². The average Bonchev–Trinajstić information content (AvgIpc) is 3.75. The van der Waals surface area contributed by atoms with Gasteiger partial charge in [-0.1, -0.05) is 35.3 Å². The molecular formula is C33H39Cl2N3O8S. The van der Waals surface area contributed by atoms with Crippen molar-refractivity contribution in [3.63, 3.8) is 0 Å². The SMILES string of the molecule is COc1ccc(C(Cc2c(Cl)c[nH+]cc2Cl)OC(=O)[C@@H]2CCCN2S(=O)(=O)c2cccc(C(=O)N(C)C)c2)cc1OC1CCCC1.[OH-]. The van der Waals surface area contributed by atoms with Crippen molar-refractivity contribution in [2.75, 3.05) is 27.7 Å². The number of amides is 1. The molecular weight excluding hydrogens is 669 g/mol. The summed E-state index contributed by atoms with van der Waals surface area (Å²) < 4.78 is 46.9. The van der Waals surface area contributed by atoms with Gasteiger partial charge in [-0.25, -0.2) is 13.4 Å². The molecule has 0 radical (unpaired) electrons. The summed E-state index contributed by atoms with van der Waals surface area (Å²) in [6, 6.07) is 10.1. The third-order valence-corrected chi connectivity index (χ3v) is 10.9. The number of aromatic amines is 1. The van der Waals surface area contributed by atoms with Crippen LogP contribution in [0.2, 0.25) is 10.0 Å². The molecule has 47 heavy (non-hydrogen) atoms. The molecule has 11 nitrogen and oxygen atoms in total. The van der Waals surface area contributed by atoms with Gasteiger partial charge in [0.15, 0.2) is 23.9 Å². The van der Waals surface area contributed by atoms with Crippen LogP contribution in [0, 0.1) is 0 Å². The Morgan fingerprint density at radius 2 is 1.70 bits per heavy atom. The van der Waals surface area contributed by atoms with E-state index in [0.717, 1.165) is 30.0 Å². The Balaban J connectivity index is 0.00000500. The largest absolute Gasteiger partial charge is 0.870 e. The molecule has 2 fully saturated rings. The Hall–Kier alpha value is -3.42. The normalized spacial score (nSPS) is 17.5. The lowest BCUT2D eigenvalue weighted by Crippen LogP contribution is -2.42. The van der Waals surface area contributed by atoms with E-state index in [0.29, 0.717) is 39.1 Å².